The Kier molecular flexibility index (Phi) is 7.03. The Hall–Kier alpha value is -3.83. The molecule has 1 aromatic heterocycles. The highest BCUT2D eigenvalue weighted by Gasteiger charge is 2.11. The molecule has 5 nitrogen and oxygen atoms in total. The molecule has 0 bridgehead atoms. The molecule has 3 aromatic rings. The number of aromatic nitrogens is 3. The predicted octanol–water partition coefficient (Wildman–Crippen LogP) is 3.75. The molecule has 0 spiro atoms. The van der Waals surface area contributed by atoms with Gasteiger partial charge in [-0.15, -0.1) is 24.7 Å². The molecular weight excluding hydrogens is 374 g/mol. The number of carboxylic acids is 1. The zero-order chi connectivity index (χ0) is 21.3. The van der Waals surface area contributed by atoms with Gasteiger partial charge in [-0.2, -0.15) is 5.10 Å². The number of carbonyl (C=O) groups is 1. The molecular formula is C25H23N3O2. The second-order valence-corrected chi connectivity index (χ2v) is 6.97. The fourth-order valence-electron chi connectivity index (χ4n) is 3.25. The molecule has 0 aliphatic heterocycles. The van der Waals surface area contributed by atoms with Gasteiger partial charge >= 0.3 is 5.97 Å². The molecule has 2 aromatic carbocycles. The van der Waals surface area contributed by atoms with Crippen molar-refractivity contribution in [2.75, 3.05) is 0 Å². The van der Waals surface area contributed by atoms with Crippen molar-refractivity contribution in [2.45, 2.75) is 38.6 Å². The summed E-state index contributed by atoms with van der Waals surface area (Å²) in [6.07, 6.45) is 13.8. The van der Waals surface area contributed by atoms with E-state index in [0.29, 0.717) is 44.2 Å². The van der Waals surface area contributed by atoms with Crippen LogP contribution in [0.25, 0.3) is 0 Å². The lowest BCUT2D eigenvalue weighted by Crippen LogP contribution is -2.07. The summed E-state index contributed by atoms with van der Waals surface area (Å²) in [4.78, 5) is 16.0. The van der Waals surface area contributed by atoms with Crippen LogP contribution in [0.3, 0.4) is 0 Å². The van der Waals surface area contributed by atoms with Crippen molar-refractivity contribution < 1.29 is 9.90 Å². The van der Waals surface area contributed by atoms with E-state index in [-0.39, 0.29) is 0 Å². The van der Waals surface area contributed by atoms with Crippen molar-refractivity contribution >= 4 is 5.97 Å². The van der Waals surface area contributed by atoms with E-state index in [0.717, 1.165) is 28.3 Å². The maximum atomic E-state index is 11.4. The lowest BCUT2D eigenvalue weighted by atomic mass is 9.99. The number of aromatic carboxylic acids is 1. The molecule has 3 rings (SSSR count). The molecule has 0 amide bonds. The second kappa shape index (κ2) is 10.1. The van der Waals surface area contributed by atoms with Crippen LogP contribution in [0.1, 0.15) is 51.5 Å². The number of hydrogen-bond acceptors (Lipinski definition) is 3. The largest absolute Gasteiger partial charge is 0.478 e. The predicted molar refractivity (Wildman–Crippen MR) is 116 cm³/mol. The zero-order valence-electron chi connectivity index (χ0n) is 16.7. The first-order chi connectivity index (χ1) is 14.6. The maximum absolute atomic E-state index is 11.4. The van der Waals surface area contributed by atoms with E-state index in [1.54, 1.807) is 12.1 Å². The Balaban J connectivity index is 1.74. The molecule has 0 atom stereocenters. The van der Waals surface area contributed by atoms with E-state index in [4.69, 9.17) is 12.8 Å². The smallest absolute Gasteiger partial charge is 0.335 e. The van der Waals surface area contributed by atoms with Crippen molar-refractivity contribution in [1.82, 2.24) is 14.8 Å². The van der Waals surface area contributed by atoms with Crippen molar-refractivity contribution in [1.29, 1.82) is 0 Å². The molecule has 0 aliphatic rings. The van der Waals surface area contributed by atoms with Crippen LogP contribution in [0.4, 0.5) is 0 Å². The fourth-order valence-corrected chi connectivity index (χ4v) is 3.25. The van der Waals surface area contributed by atoms with Gasteiger partial charge in [-0.1, -0.05) is 42.5 Å². The van der Waals surface area contributed by atoms with Gasteiger partial charge in [0.2, 0.25) is 0 Å². The molecule has 0 unspecified atom stereocenters. The third kappa shape index (κ3) is 5.37. The third-order valence-electron chi connectivity index (χ3n) is 4.78. The molecule has 0 saturated heterocycles. The summed E-state index contributed by atoms with van der Waals surface area (Å²) in [7, 11) is 0. The van der Waals surface area contributed by atoms with Crippen LogP contribution in [0.5, 0.6) is 0 Å². The van der Waals surface area contributed by atoms with Gasteiger partial charge in [0.25, 0.3) is 0 Å². The molecule has 5 heteroatoms. The van der Waals surface area contributed by atoms with Gasteiger partial charge in [0.1, 0.15) is 5.82 Å². The summed E-state index contributed by atoms with van der Waals surface area (Å²) in [5.74, 6) is 5.95. The minimum Gasteiger partial charge on any atom is -0.478 e. The minimum absolute atomic E-state index is 0.335. The highest BCUT2D eigenvalue weighted by molar-refractivity contribution is 5.89. The molecule has 150 valence electrons. The summed E-state index contributed by atoms with van der Waals surface area (Å²) in [5, 5.41) is 13.9. The molecule has 1 heterocycles. The van der Waals surface area contributed by atoms with Gasteiger partial charge in [-0.3, -0.25) is 0 Å². The first-order valence-electron chi connectivity index (χ1n) is 9.79. The Labute approximate surface area is 176 Å². The van der Waals surface area contributed by atoms with E-state index in [2.05, 4.69) is 21.9 Å². The zero-order valence-corrected chi connectivity index (χ0v) is 16.7. The monoisotopic (exact) mass is 397 g/mol. The molecule has 30 heavy (non-hydrogen) atoms. The maximum Gasteiger partial charge on any atom is 0.335 e. The van der Waals surface area contributed by atoms with Crippen molar-refractivity contribution in [3.8, 4) is 24.7 Å². The number of rotatable bonds is 9. The highest BCUT2D eigenvalue weighted by atomic mass is 16.4. The van der Waals surface area contributed by atoms with Gasteiger partial charge in [0.05, 0.1) is 12.1 Å². The average Bonchev–Trinajstić information content (AvgIpc) is 3.13. The Morgan fingerprint density at radius 1 is 0.967 bits per heavy atom. The van der Waals surface area contributed by atoms with E-state index >= 15 is 0 Å². The van der Waals surface area contributed by atoms with Crippen LogP contribution >= 0.6 is 0 Å². The van der Waals surface area contributed by atoms with E-state index in [1.165, 1.54) is 0 Å². The number of hydrogen-bond donors (Lipinski definition) is 1. The summed E-state index contributed by atoms with van der Waals surface area (Å²) in [5.41, 5.74) is 3.26. The molecule has 0 radical (unpaired) electrons. The lowest BCUT2D eigenvalue weighted by molar-refractivity contribution is 0.0696. The van der Waals surface area contributed by atoms with Crippen LogP contribution in [0.2, 0.25) is 0 Å². The molecule has 0 fully saturated rings. The van der Waals surface area contributed by atoms with Crippen LogP contribution in [0.15, 0.2) is 48.5 Å². The average molecular weight is 397 g/mol. The Morgan fingerprint density at radius 3 is 2.33 bits per heavy atom. The standard InChI is InChI=1S/C25H23N3O2/c1-3-5-11-23-26-24(12-6-4-2)28(27-23)18-20-15-13-19(14-16-20)17-21-9-7-8-10-22(21)25(29)30/h1-2,7-10,13-16H,5-6,11-12,17-18H2,(H,29,30). The molecule has 1 N–H and O–H groups in total. The van der Waals surface area contributed by atoms with Gasteiger partial charge in [-0.25, -0.2) is 14.5 Å². The highest BCUT2D eigenvalue weighted by Crippen LogP contribution is 2.16. The number of terminal acetylenes is 2. The molecule has 0 saturated carbocycles. The lowest BCUT2D eigenvalue weighted by Gasteiger charge is -2.08. The summed E-state index contributed by atoms with van der Waals surface area (Å²) in [6.45, 7) is 0.592. The Morgan fingerprint density at radius 2 is 1.63 bits per heavy atom. The molecule has 0 aliphatic carbocycles. The summed E-state index contributed by atoms with van der Waals surface area (Å²) in [6, 6.07) is 15.2. The van der Waals surface area contributed by atoms with Crippen molar-refractivity contribution in [3.63, 3.8) is 0 Å². The fraction of sp³-hybridized carbons (Fsp3) is 0.240. The third-order valence-corrected chi connectivity index (χ3v) is 4.78. The SMILES string of the molecule is C#CCCc1nc(CCC#C)n(Cc2ccc(Cc3ccccc3C(=O)O)cc2)n1. The normalized spacial score (nSPS) is 10.3. The van der Waals surface area contributed by atoms with Gasteiger partial charge < -0.3 is 5.11 Å². The first kappa shape index (κ1) is 20.9. The van der Waals surface area contributed by atoms with Crippen molar-refractivity contribution in [2.24, 2.45) is 0 Å². The summed E-state index contributed by atoms with van der Waals surface area (Å²) < 4.78 is 1.89. The second-order valence-electron chi connectivity index (χ2n) is 6.97. The van der Waals surface area contributed by atoms with E-state index in [9.17, 15) is 9.90 Å². The number of benzene rings is 2. The number of aryl methyl sites for hydroxylation is 2. The van der Waals surface area contributed by atoms with Gasteiger partial charge in [0, 0.05) is 25.7 Å². The topological polar surface area (TPSA) is 68.0 Å². The van der Waals surface area contributed by atoms with E-state index < -0.39 is 5.97 Å². The van der Waals surface area contributed by atoms with Crippen LogP contribution < -0.4 is 0 Å². The minimum atomic E-state index is -0.909. The van der Waals surface area contributed by atoms with Crippen LogP contribution in [0, 0.1) is 24.7 Å². The quantitative estimate of drug-likeness (QED) is 0.559. The summed E-state index contributed by atoms with van der Waals surface area (Å²) >= 11 is 0. The Bertz CT molecular complexity index is 1100. The van der Waals surface area contributed by atoms with Crippen molar-refractivity contribution in [3.05, 3.63) is 82.4 Å². The first-order valence-corrected chi connectivity index (χ1v) is 9.79. The van der Waals surface area contributed by atoms with Crippen LogP contribution in [-0.2, 0) is 25.8 Å². The number of nitrogens with zero attached hydrogens (tertiary/aromatic N) is 3. The van der Waals surface area contributed by atoms with E-state index in [1.807, 2.05) is 41.1 Å². The number of carboxylic acid groups (broad SMARTS) is 1. The van der Waals surface area contributed by atoms with Crippen LogP contribution in [-0.4, -0.2) is 25.8 Å². The van der Waals surface area contributed by atoms with Gasteiger partial charge in [0.15, 0.2) is 5.82 Å². The van der Waals surface area contributed by atoms with Gasteiger partial charge in [-0.05, 0) is 29.2 Å².